The molecule has 15 heavy (non-hydrogen) atoms. The summed E-state index contributed by atoms with van der Waals surface area (Å²) < 4.78 is 4.90. The number of ether oxygens (including phenoxy) is 1. The molecule has 0 amide bonds. The Morgan fingerprint density at radius 1 is 1.33 bits per heavy atom. The van der Waals surface area contributed by atoms with Crippen LogP contribution in [0.15, 0.2) is 11.1 Å². The molecule has 1 N–H and O–H groups in total. The molecule has 2 bridgehead atoms. The van der Waals surface area contributed by atoms with E-state index in [0.717, 1.165) is 19.3 Å². The number of hydrogen-bond acceptors (Lipinski definition) is 3. The van der Waals surface area contributed by atoms with Gasteiger partial charge in [-0.1, -0.05) is 0 Å². The quantitative estimate of drug-likeness (QED) is 0.714. The number of carboxylic acid groups (broad SMARTS) is 1. The van der Waals surface area contributed by atoms with Gasteiger partial charge in [0.1, 0.15) is 0 Å². The average molecular weight is 210 g/mol. The number of carbonyl (C=O) groups excluding carboxylic acids is 1. The molecule has 4 heteroatoms. The van der Waals surface area contributed by atoms with Gasteiger partial charge in [0, 0.05) is 0 Å². The molecule has 2 aliphatic carbocycles. The molecule has 0 aromatic rings. The smallest absolute Gasteiger partial charge is 0.334 e. The summed E-state index contributed by atoms with van der Waals surface area (Å²) in [6.45, 7) is 2.03. The Morgan fingerprint density at radius 2 is 1.93 bits per heavy atom. The second-order valence-electron chi connectivity index (χ2n) is 4.06. The van der Waals surface area contributed by atoms with Crippen LogP contribution in [0, 0.1) is 11.8 Å². The van der Waals surface area contributed by atoms with E-state index in [1.54, 1.807) is 6.92 Å². The lowest BCUT2D eigenvalue weighted by Crippen LogP contribution is -2.19. The van der Waals surface area contributed by atoms with E-state index in [4.69, 9.17) is 9.84 Å². The first-order valence-corrected chi connectivity index (χ1v) is 5.29. The number of carboxylic acids is 1. The first-order valence-electron chi connectivity index (χ1n) is 5.29. The topological polar surface area (TPSA) is 63.6 Å². The molecule has 2 aliphatic rings. The summed E-state index contributed by atoms with van der Waals surface area (Å²) in [4.78, 5) is 22.7. The van der Waals surface area contributed by atoms with Crippen molar-refractivity contribution in [2.45, 2.75) is 26.2 Å². The fourth-order valence-corrected chi connectivity index (χ4v) is 2.72. The van der Waals surface area contributed by atoms with Crippen molar-refractivity contribution in [3.63, 3.8) is 0 Å². The molecule has 4 nitrogen and oxygen atoms in total. The summed E-state index contributed by atoms with van der Waals surface area (Å²) in [7, 11) is 0. The highest BCUT2D eigenvalue weighted by molar-refractivity contribution is 6.01. The number of hydrogen-bond donors (Lipinski definition) is 1. The predicted molar refractivity (Wildman–Crippen MR) is 52.1 cm³/mol. The maximum atomic E-state index is 11.6. The molecule has 0 saturated heterocycles. The summed E-state index contributed by atoms with van der Waals surface area (Å²) in [6.07, 6.45) is 2.64. The molecule has 0 spiro atoms. The molecular formula is C11H14O4. The van der Waals surface area contributed by atoms with Crippen molar-refractivity contribution in [2.75, 3.05) is 6.61 Å². The van der Waals surface area contributed by atoms with Gasteiger partial charge in [0.15, 0.2) is 0 Å². The molecule has 1 saturated carbocycles. The van der Waals surface area contributed by atoms with Crippen molar-refractivity contribution < 1.29 is 19.4 Å². The maximum Gasteiger partial charge on any atom is 0.334 e. The number of aliphatic carboxylic acids is 1. The minimum absolute atomic E-state index is 0.0758. The third-order valence-electron chi connectivity index (χ3n) is 3.27. The van der Waals surface area contributed by atoms with E-state index in [-0.39, 0.29) is 11.8 Å². The van der Waals surface area contributed by atoms with Gasteiger partial charge in [0.2, 0.25) is 0 Å². The van der Waals surface area contributed by atoms with Crippen molar-refractivity contribution >= 4 is 11.9 Å². The Balaban J connectivity index is 2.32. The average Bonchev–Trinajstić information content (AvgIpc) is 2.76. The molecule has 0 heterocycles. The van der Waals surface area contributed by atoms with E-state index >= 15 is 0 Å². The number of rotatable bonds is 3. The van der Waals surface area contributed by atoms with E-state index in [0.29, 0.717) is 17.8 Å². The van der Waals surface area contributed by atoms with Crippen LogP contribution in [0.1, 0.15) is 26.2 Å². The summed E-state index contributed by atoms with van der Waals surface area (Å²) in [5.74, 6) is -1.18. The molecule has 0 aromatic carbocycles. The van der Waals surface area contributed by atoms with Gasteiger partial charge in [0.05, 0.1) is 17.8 Å². The van der Waals surface area contributed by atoms with Gasteiger partial charge >= 0.3 is 11.9 Å². The third-order valence-corrected chi connectivity index (χ3v) is 3.27. The maximum absolute atomic E-state index is 11.6. The number of carbonyl (C=O) groups is 2. The zero-order chi connectivity index (χ0) is 11.0. The minimum Gasteiger partial charge on any atom is -0.478 e. The molecule has 1 fully saturated rings. The minimum atomic E-state index is -0.953. The molecule has 0 radical (unpaired) electrons. The van der Waals surface area contributed by atoms with Gasteiger partial charge in [-0.2, -0.15) is 0 Å². The Labute approximate surface area is 87.9 Å². The van der Waals surface area contributed by atoms with Crippen LogP contribution < -0.4 is 0 Å². The molecule has 0 aliphatic heterocycles. The van der Waals surface area contributed by atoms with Crippen molar-refractivity contribution in [3.05, 3.63) is 11.1 Å². The number of fused-ring (bicyclic) bond motifs is 2. The lowest BCUT2D eigenvalue weighted by Gasteiger charge is -2.15. The van der Waals surface area contributed by atoms with Gasteiger partial charge in [-0.05, 0) is 38.0 Å². The van der Waals surface area contributed by atoms with Crippen LogP contribution in [0.25, 0.3) is 0 Å². The Morgan fingerprint density at radius 3 is 2.47 bits per heavy atom. The van der Waals surface area contributed by atoms with Crippen LogP contribution in [0.3, 0.4) is 0 Å². The van der Waals surface area contributed by atoms with Gasteiger partial charge in [0.25, 0.3) is 0 Å². The highest BCUT2D eigenvalue weighted by atomic mass is 16.5. The molecule has 82 valence electrons. The van der Waals surface area contributed by atoms with Crippen molar-refractivity contribution in [1.29, 1.82) is 0 Å². The van der Waals surface area contributed by atoms with Gasteiger partial charge in [-0.25, -0.2) is 9.59 Å². The molecule has 2 unspecified atom stereocenters. The van der Waals surface area contributed by atoms with E-state index in [9.17, 15) is 9.59 Å². The van der Waals surface area contributed by atoms with Crippen LogP contribution in [0.5, 0.6) is 0 Å². The predicted octanol–water partition coefficient (Wildman–Crippen LogP) is 1.36. The van der Waals surface area contributed by atoms with E-state index < -0.39 is 11.9 Å². The largest absolute Gasteiger partial charge is 0.478 e. The lowest BCUT2D eigenvalue weighted by molar-refractivity contribution is -0.140. The van der Waals surface area contributed by atoms with E-state index in [1.165, 1.54) is 0 Å². The first-order chi connectivity index (χ1) is 7.15. The monoisotopic (exact) mass is 210 g/mol. The summed E-state index contributed by atoms with van der Waals surface area (Å²) >= 11 is 0. The fourth-order valence-electron chi connectivity index (χ4n) is 2.72. The Bertz CT molecular complexity index is 342. The zero-order valence-corrected chi connectivity index (χ0v) is 8.66. The Kier molecular flexibility index (Phi) is 2.50. The second-order valence-corrected chi connectivity index (χ2v) is 4.06. The number of esters is 1. The molecule has 2 rings (SSSR count). The highest BCUT2D eigenvalue weighted by Gasteiger charge is 2.45. The van der Waals surface area contributed by atoms with Gasteiger partial charge in [-0.3, -0.25) is 0 Å². The van der Waals surface area contributed by atoms with Crippen LogP contribution in [-0.2, 0) is 14.3 Å². The second kappa shape index (κ2) is 3.68. The third kappa shape index (κ3) is 1.54. The van der Waals surface area contributed by atoms with Crippen LogP contribution in [-0.4, -0.2) is 23.7 Å². The fraction of sp³-hybridized carbons (Fsp3) is 0.636. The SMILES string of the molecule is CCOC(=O)C1=C(C(=O)O)C2CCC1C2. The van der Waals surface area contributed by atoms with Crippen molar-refractivity contribution in [1.82, 2.24) is 0 Å². The van der Waals surface area contributed by atoms with Crippen molar-refractivity contribution in [2.24, 2.45) is 11.8 Å². The zero-order valence-electron chi connectivity index (χ0n) is 8.66. The highest BCUT2D eigenvalue weighted by Crippen LogP contribution is 2.48. The summed E-state index contributed by atoms with van der Waals surface area (Å²) in [6, 6.07) is 0. The van der Waals surface area contributed by atoms with E-state index in [2.05, 4.69) is 0 Å². The van der Waals surface area contributed by atoms with Crippen LogP contribution in [0.4, 0.5) is 0 Å². The Hall–Kier alpha value is -1.32. The summed E-state index contributed by atoms with van der Waals surface area (Å²) in [5, 5.41) is 9.06. The van der Waals surface area contributed by atoms with Crippen LogP contribution >= 0.6 is 0 Å². The van der Waals surface area contributed by atoms with E-state index in [1.807, 2.05) is 0 Å². The lowest BCUT2D eigenvalue weighted by atomic mass is 9.92. The summed E-state index contributed by atoms with van der Waals surface area (Å²) in [5.41, 5.74) is 0.741. The first kappa shape index (κ1) is 10.2. The molecule has 0 aromatic heterocycles. The van der Waals surface area contributed by atoms with Gasteiger partial charge in [-0.15, -0.1) is 0 Å². The molecule has 2 atom stereocenters. The van der Waals surface area contributed by atoms with Crippen molar-refractivity contribution in [3.8, 4) is 0 Å². The molecular weight excluding hydrogens is 196 g/mol. The normalized spacial score (nSPS) is 28.3. The van der Waals surface area contributed by atoms with Gasteiger partial charge < -0.3 is 9.84 Å². The van der Waals surface area contributed by atoms with Crippen LogP contribution in [0.2, 0.25) is 0 Å². The standard InChI is InChI=1S/C11H14O4/c1-2-15-11(14)9-7-4-3-6(5-7)8(9)10(12)13/h6-7H,2-5H2,1H3,(H,12,13).